The number of allylic oxidation sites excluding steroid dienone is 1. The summed E-state index contributed by atoms with van der Waals surface area (Å²) < 4.78 is 0. The molecule has 158 valence electrons. The first-order valence-corrected chi connectivity index (χ1v) is 12.4. The molecule has 1 heteroatoms. The van der Waals surface area contributed by atoms with Crippen molar-refractivity contribution in [2.24, 2.45) is 46.3 Å². The van der Waals surface area contributed by atoms with Crippen LogP contribution >= 0.6 is 0 Å². The van der Waals surface area contributed by atoms with Crippen molar-refractivity contribution < 1.29 is 4.79 Å². The van der Waals surface area contributed by atoms with Gasteiger partial charge in [-0.15, -0.1) is 6.58 Å². The number of hydrogen-bond acceptors (Lipinski definition) is 1. The van der Waals surface area contributed by atoms with Crippen molar-refractivity contribution in [1.29, 1.82) is 0 Å². The summed E-state index contributed by atoms with van der Waals surface area (Å²) in [6.07, 6.45) is 15.4. The lowest BCUT2D eigenvalue weighted by molar-refractivity contribution is -0.140. The second kappa shape index (κ2) is 7.59. The predicted octanol–water partition coefficient (Wildman–Crippen LogP) is 7.60. The molecule has 1 nitrogen and oxygen atoms in total. The Kier molecular flexibility index (Phi) is 5.60. The topological polar surface area (TPSA) is 17.1 Å². The summed E-state index contributed by atoms with van der Waals surface area (Å²) in [5.74, 6) is 5.84. The minimum Gasteiger partial charge on any atom is -0.300 e. The molecular weight excluding hydrogens is 340 g/mol. The molecule has 0 saturated heterocycles. The summed E-state index contributed by atoms with van der Waals surface area (Å²) in [4.78, 5) is 12.1. The van der Waals surface area contributed by atoms with Crippen LogP contribution in [-0.2, 0) is 4.79 Å². The van der Waals surface area contributed by atoms with Crippen molar-refractivity contribution in [3.63, 3.8) is 0 Å². The summed E-state index contributed by atoms with van der Waals surface area (Å²) in [7, 11) is 0. The Morgan fingerprint density at radius 1 is 1.07 bits per heavy atom. The molecule has 4 fully saturated rings. The van der Waals surface area contributed by atoms with E-state index in [-0.39, 0.29) is 0 Å². The van der Waals surface area contributed by atoms with Gasteiger partial charge in [0.05, 0.1) is 0 Å². The molecule has 0 spiro atoms. The summed E-state index contributed by atoms with van der Waals surface area (Å²) >= 11 is 0. The molecular formula is C27H44O. The van der Waals surface area contributed by atoms with Crippen LogP contribution in [0.25, 0.3) is 0 Å². The first-order chi connectivity index (χ1) is 13.3. The molecule has 0 aromatic rings. The normalized spacial score (nSPS) is 46.4. The lowest BCUT2D eigenvalue weighted by atomic mass is 9.44. The summed E-state index contributed by atoms with van der Waals surface area (Å²) in [5, 5.41) is 0. The molecule has 0 bridgehead atoms. The molecule has 1 unspecified atom stereocenters. The number of rotatable bonds is 5. The van der Waals surface area contributed by atoms with Crippen LogP contribution in [-0.4, -0.2) is 5.78 Å². The van der Waals surface area contributed by atoms with E-state index < -0.39 is 0 Å². The highest BCUT2D eigenvalue weighted by atomic mass is 16.1. The molecule has 0 aromatic heterocycles. The van der Waals surface area contributed by atoms with Crippen LogP contribution in [0.5, 0.6) is 0 Å². The molecule has 0 aromatic carbocycles. The average molecular weight is 385 g/mol. The number of Topliss-reactive ketones (excluding diaryl/α,β-unsaturated/α-hetero) is 1. The highest BCUT2D eigenvalue weighted by Gasteiger charge is 2.60. The summed E-state index contributed by atoms with van der Waals surface area (Å²) in [6, 6.07) is 0. The molecule has 0 N–H and O–H groups in total. The van der Waals surface area contributed by atoms with E-state index >= 15 is 0 Å². The van der Waals surface area contributed by atoms with Crippen LogP contribution in [0.1, 0.15) is 105 Å². The fourth-order valence-corrected chi connectivity index (χ4v) is 8.95. The maximum atomic E-state index is 12.1. The van der Waals surface area contributed by atoms with Gasteiger partial charge in [0.25, 0.3) is 0 Å². The van der Waals surface area contributed by atoms with Crippen LogP contribution in [0.2, 0.25) is 0 Å². The van der Waals surface area contributed by atoms with Gasteiger partial charge in [-0.3, -0.25) is 4.79 Å². The Morgan fingerprint density at radius 3 is 2.57 bits per heavy atom. The Labute approximate surface area is 174 Å². The van der Waals surface area contributed by atoms with Gasteiger partial charge < -0.3 is 0 Å². The van der Waals surface area contributed by atoms with Crippen molar-refractivity contribution in [2.45, 2.75) is 105 Å². The van der Waals surface area contributed by atoms with Crippen LogP contribution in [0.4, 0.5) is 0 Å². The van der Waals surface area contributed by atoms with E-state index in [0.29, 0.717) is 22.5 Å². The number of ketones is 1. The molecule has 0 aliphatic heterocycles. The molecule has 0 heterocycles. The van der Waals surface area contributed by atoms with Gasteiger partial charge >= 0.3 is 0 Å². The van der Waals surface area contributed by atoms with E-state index in [4.69, 9.17) is 0 Å². The van der Waals surface area contributed by atoms with Crippen molar-refractivity contribution >= 4 is 5.78 Å². The maximum Gasteiger partial charge on any atom is 0.133 e. The van der Waals surface area contributed by atoms with E-state index in [1.54, 1.807) is 0 Å². The molecule has 28 heavy (non-hydrogen) atoms. The molecule has 4 aliphatic rings. The smallest absolute Gasteiger partial charge is 0.133 e. The van der Waals surface area contributed by atoms with E-state index in [9.17, 15) is 4.79 Å². The summed E-state index contributed by atoms with van der Waals surface area (Å²) in [5.41, 5.74) is 2.39. The van der Waals surface area contributed by atoms with E-state index in [0.717, 1.165) is 42.4 Å². The minimum absolute atomic E-state index is 0.462. The third-order valence-electron chi connectivity index (χ3n) is 10.5. The van der Waals surface area contributed by atoms with Crippen LogP contribution < -0.4 is 0 Å². The van der Waals surface area contributed by atoms with Gasteiger partial charge in [0.15, 0.2) is 0 Å². The fourth-order valence-electron chi connectivity index (χ4n) is 8.95. The van der Waals surface area contributed by atoms with Crippen molar-refractivity contribution in [1.82, 2.24) is 0 Å². The SMILES string of the molecule is C=C(C)CCC[C@@H](C)[C@H]1CC[C@H]2[C@@H]3CCC4CC(=O)CC[C@]4(C)[C@H]3CC[C@]12C. The third-order valence-corrected chi connectivity index (χ3v) is 10.5. The van der Waals surface area contributed by atoms with Gasteiger partial charge in [-0.1, -0.05) is 32.8 Å². The fraction of sp³-hybridized carbons (Fsp3) is 0.889. The monoisotopic (exact) mass is 384 g/mol. The zero-order valence-corrected chi connectivity index (χ0v) is 19.1. The Morgan fingerprint density at radius 2 is 1.82 bits per heavy atom. The van der Waals surface area contributed by atoms with E-state index in [2.05, 4.69) is 34.3 Å². The first-order valence-electron chi connectivity index (χ1n) is 12.4. The number of carbonyl (C=O) groups excluding carboxylic acids is 1. The van der Waals surface area contributed by atoms with Gasteiger partial charge in [0.2, 0.25) is 0 Å². The number of fused-ring (bicyclic) bond motifs is 5. The van der Waals surface area contributed by atoms with Gasteiger partial charge in [-0.2, -0.15) is 0 Å². The Bertz CT molecular complexity index is 620. The standard InChI is InChI=1S/C27H44O/c1-18(2)7-6-8-19(3)23-11-12-24-22-10-9-20-17-21(28)13-15-26(20,4)25(22)14-16-27(23,24)5/h19-20,22-25H,1,6-17H2,2-5H3/t19-,20?,22+,23-,24+,25+,26+,27-/m1/s1. The lowest BCUT2D eigenvalue weighted by Crippen LogP contribution is -2.53. The quantitative estimate of drug-likeness (QED) is 0.446. The summed E-state index contributed by atoms with van der Waals surface area (Å²) in [6.45, 7) is 14.1. The van der Waals surface area contributed by atoms with Gasteiger partial charge in [-0.25, -0.2) is 0 Å². The molecule has 4 saturated carbocycles. The lowest BCUT2D eigenvalue weighted by Gasteiger charge is -2.60. The molecule has 8 atom stereocenters. The number of hydrogen-bond donors (Lipinski definition) is 0. The molecule has 0 amide bonds. The van der Waals surface area contributed by atoms with Gasteiger partial charge in [0, 0.05) is 12.8 Å². The first kappa shape index (κ1) is 20.7. The zero-order valence-electron chi connectivity index (χ0n) is 19.1. The third kappa shape index (κ3) is 3.33. The predicted molar refractivity (Wildman–Crippen MR) is 118 cm³/mol. The second-order valence-electron chi connectivity index (χ2n) is 12.0. The second-order valence-corrected chi connectivity index (χ2v) is 12.0. The van der Waals surface area contributed by atoms with Gasteiger partial charge in [0.1, 0.15) is 5.78 Å². The van der Waals surface area contributed by atoms with Crippen molar-refractivity contribution in [3.8, 4) is 0 Å². The van der Waals surface area contributed by atoms with E-state index in [1.807, 2.05) is 0 Å². The highest BCUT2D eigenvalue weighted by Crippen LogP contribution is 2.68. The van der Waals surface area contributed by atoms with Crippen LogP contribution in [0.3, 0.4) is 0 Å². The van der Waals surface area contributed by atoms with Crippen molar-refractivity contribution in [3.05, 3.63) is 12.2 Å². The van der Waals surface area contributed by atoms with Crippen molar-refractivity contribution in [2.75, 3.05) is 0 Å². The largest absolute Gasteiger partial charge is 0.300 e. The molecule has 4 aliphatic carbocycles. The van der Waals surface area contributed by atoms with Crippen LogP contribution in [0.15, 0.2) is 12.2 Å². The maximum absolute atomic E-state index is 12.1. The zero-order chi connectivity index (χ0) is 20.1. The number of carbonyl (C=O) groups is 1. The molecule has 0 radical (unpaired) electrons. The average Bonchev–Trinajstić information content (AvgIpc) is 2.99. The Balaban J connectivity index is 1.47. The van der Waals surface area contributed by atoms with Gasteiger partial charge in [-0.05, 0) is 111 Å². The minimum atomic E-state index is 0.462. The highest BCUT2D eigenvalue weighted by molar-refractivity contribution is 5.79. The van der Waals surface area contributed by atoms with E-state index in [1.165, 1.54) is 69.8 Å². The molecule has 4 rings (SSSR count). The van der Waals surface area contributed by atoms with Crippen LogP contribution in [0, 0.1) is 46.3 Å². The Hall–Kier alpha value is -0.590.